The zero-order valence-corrected chi connectivity index (χ0v) is 13.3. The third-order valence-electron chi connectivity index (χ3n) is 2.94. The number of benzene rings is 1. The van der Waals surface area contributed by atoms with Gasteiger partial charge in [-0.2, -0.15) is 0 Å². The van der Waals surface area contributed by atoms with Crippen molar-refractivity contribution in [3.8, 4) is 0 Å². The van der Waals surface area contributed by atoms with Gasteiger partial charge in [-0.05, 0) is 47.0 Å². The zero-order chi connectivity index (χ0) is 13.1. The van der Waals surface area contributed by atoms with Gasteiger partial charge in [0.15, 0.2) is 0 Å². The first kappa shape index (κ1) is 14.0. The summed E-state index contributed by atoms with van der Waals surface area (Å²) < 4.78 is 6.82. The SMILES string of the molecule is COCCN(C(=O)c1cc(Br)ccc1Br)C1CC1. The summed E-state index contributed by atoms with van der Waals surface area (Å²) in [4.78, 5) is 14.4. The van der Waals surface area contributed by atoms with Crippen molar-refractivity contribution in [3.63, 3.8) is 0 Å². The average Bonchev–Trinajstić information content (AvgIpc) is 3.17. The van der Waals surface area contributed by atoms with Crippen molar-refractivity contribution >= 4 is 37.8 Å². The van der Waals surface area contributed by atoms with E-state index in [1.54, 1.807) is 7.11 Å². The second-order valence-corrected chi connectivity index (χ2v) is 6.12. The zero-order valence-electron chi connectivity index (χ0n) is 10.2. The van der Waals surface area contributed by atoms with Gasteiger partial charge in [-0.25, -0.2) is 0 Å². The number of carbonyl (C=O) groups is 1. The summed E-state index contributed by atoms with van der Waals surface area (Å²) in [6.45, 7) is 1.23. The summed E-state index contributed by atoms with van der Waals surface area (Å²) in [5.41, 5.74) is 0.701. The molecular formula is C13H15Br2NO2. The third-order valence-corrected chi connectivity index (χ3v) is 4.13. The number of rotatable bonds is 5. The molecule has 0 bridgehead atoms. The van der Waals surface area contributed by atoms with Gasteiger partial charge in [0.25, 0.3) is 5.91 Å². The molecule has 1 aliphatic carbocycles. The Balaban J connectivity index is 2.19. The Morgan fingerprint density at radius 1 is 1.44 bits per heavy atom. The Morgan fingerprint density at radius 3 is 2.78 bits per heavy atom. The van der Waals surface area contributed by atoms with Gasteiger partial charge in [-0.1, -0.05) is 15.9 Å². The van der Waals surface area contributed by atoms with Crippen molar-refractivity contribution < 1.29 is 9.53 Å². The Kier molecular flexibility index (Phi) is 4.81. The number of carbonyl (C=O) groups excluding carboxylic acids is 1. The minimum atomic E-state index is 0.0720. The van der Waals surface area contributed by atoms with E-state index >= 15 is 0 Å². The summed E-state index contributed by atoms with van der Waals surface area (Å²) >= 11 is 6.84. The second kappa shape index (κ2) is 6.17. The van der Waals surface area contributed by atoms with Gasteiger partial charge in [0.1, 0.15) is 0 Å². The maximum absolute atomic E-state index is 12.5. The van der Waals surface area contributed by atoms with E-state index in [1.807, 2.05) is 23.1 Å². The van der Waals surface area contributed by atoms with E-state index in [1.165, 1.54) is 0 Å². The van der Waals surface area contributed by atoms with Crippen LogP contribution >= 0.6 is 31.9 Å². The molecule has 0 aliphatic heterocycles. The Bertz CT molecular complexity index is 447. The molecule has 1 amide bonds. The molecule has 0 N–H and O–H groups in total. The highest BCUT2D eigenvalue weighted by molar-refractivity contribution is 9.11. The smallest absolute Gasteiger partial charge is 0.255 e. The molecule has 1 aromatic carbocycles. The normalized spacial score (nSPS) is 14.6. The number of amides is 1. The van der Waals surface area contributed by atoms with E-state index < -0.39 is 0 Å². The topological polar surface area (TPSA) is 29.5 Å². The largest absolute Gasteiger partial charge is 0.383 e. The van der Waals surface area contributed by atoms with Crippen molar-refractivity contribution in [2.45, 2.75) is 18.9 Å². The highest BCUT2D eigenvalue weighted by atomic mass is 79.9. The molecule has 1 aliphatic rings. The van der Waals surface area contributed by atoms with Crippen LogP contribution in [-0.2, 0) is 4.74 Å². The van der Waals surface area contributed by atoms with Crippen LogP contribution < -0.4 is 0 Å². The van der Waals surface area contributed by atoms with Gasteiger partial charge in [-0.3, -0.25) is 4.79 Å². The highest BCUT2D eigenvalue weighted by Crippen LogP contribution is 2.30. The fourth-order valence-corrected chi connectivity index (χ4v) is 2.62. The van der Waals surface area contributed by atoms with E-state index in [4.69, 9.17) is 4.74 Å². The van der Waals surface area contributed by atoms with E-state index in [0.717, 1.165) is 21.8 Å². The number of methoxy groups -OCH3 is 1. The maximum Gasteiger partial charge on any atom is 0.255 e. The minimum Gasteiger partial charge on any atom is -0.383 e. The quantitative estimate of drug-likeness (QED) is 0.787. The van der Waals surface area contributed by atoms with Crippen LogP contribution in [0.5, 0.6) is 0 Å². The van der Waals surface area contributed by atoms with Crippen LogP contribution in [0.25, 0.3) is 0 Å². The van der Waals surface area contributed by atoms with Crippen LogP contribution in [0.2, 0.25) is 0 Å². The van der Waals surface area contributed by atoms with Gasteiger partial charge in [0, 0.05) is 28.6 Å². The molecule has 0 atom stereocenters. The molecule has 5 heteroatoms. The number of halogens is 2. The number of nitrogens with zero attached hydrogens (tertiary/aromatic N) is 1. The molecule has 0 radical (unpaired) electrons. The first-order valence-electron chi connectivity index (χ1n) is 5.88. The molecule has 0 aromatic heterocycles. The van der Waals surface area contributed by atoms with Crippen LogP contribution in [-0.4, -0.2) is 37.1 Å². The first-order chi connectivity index (χ1) is 8.63. The lowest BCUT2D eigenvalue weighted by Gasteiger charge is -2.22. The summed E-state index contributed by atoms with van der Waals surface area (Å²) in [6.07, 6.45) is 2.20. The lowest BCUT2D eigenvalue weighted by atomic mass is 10.2. The predicted molar refractivity (Wildman–Crippen MR) is 77.8 cm³/mol. The van der Waals surface area contributed by atoms with E-state index in [2.05, 4.69) is 31.9 Å². The maximum atomic E-state index is 12.5. The van der Waals surface area contributed by atoms with Crippen molar-refractivity contribution in [2.75, 3.05) is 20.3 Å². The van der Waals surface area contributed by atoms with E-state index in [0.29, 0.717) is 24.8 Å². The number of ether oxygens (including phenoxy) is 1. The van der Waals surface area contributed by atoms with E-state index in [9.17, 15) is 4.79 Å². The van der Waals surface area contributed by atoms with Gasteiger partial charge in [-0.15, -0.1) is 0 Å². The summed E-state index contributed by atoms with van der Waals surface area (Å²) in [5, 5.41) is 0. The van der Waals surface area contributed by atoms with Crippen molar-refractivity contribution in [1.82, 2.24) is 4.90 Å². The predicted octanol–water partition coefficient (Wildman–Crippen LogP) is 3.46. The molecule has 0 saturated heterocycles. The van der Waals surface area contributed by atoms with Crippen LogP contribution in [0.15, 0.2) is 27.1 Å². The van der Waals surface area contributed by atoms with Gasteiger partial charge >= 0.3 is 0 Å². The molecule has 1 aromatic rings. The number of hydrogen-bond acceptors (Lipinski definition) is 2. The lowest BCUT2D eigenvalue weighted by Crippen LogP contribution is -2.36. The van der Waals surface area contributed by atoms with Gasteiger partial charge in [0.2, 0.25) is 0 Å². The Labute approximate surface area is 124 Å². The highest BCUT2D eigenvalue weighted by Gasteiger charge is 2.33. The fraction of sp³-hybridized carbons (Fsp3) is 0.462. The summed E-state index contributed by atoms with van der Waals surface area (Å²) in [7, 11) is 1.66. The second-order valence-electron chi connectivity index (χ2n) is 4.35. The lowest BCUT2D eigenvalue weighted by molar-refractivity contribution is 0.0679. The molecule has 3 nitrogen and oxygen atoms in total. The Hall–Kier alpha value is -0.390. The molecule has 1 saturated carbocycles. The standard InChI is InChI=1S/C13H15Br2NO2/c1-18-7-6-16(10-3-4-10)13(17)11-8-9(14)2-5-12(11)15/h2,5,8,10H,3-4,6-7H2,1H3. The van der Waals surface area contributed by atoms with E-state index in [-0.39, 0.29) is 5.91 Å². The van der Waals surface area contributed by atoms with Crippen LogP contribution in [0.1, 0.15) is 23.2 Å². The average molecular weight is 377 g/mol. The molecular weight excluding hydrogens is 362 g/mol. The molecule has 0 heterocycles. The fourth-order valence-electron chi connectivity index (χ4n) is 1.84. The molecule has 2 rings (SSSR count). The summed E-state index contributed by atoms with van der Waals surface area (Å²) in [6, 6.07) is 6.05. The minimum absolute atomic E-state index is 0.0720. The van der Waals surface area contributed by atoms with Crippen molar-refractivity contribution in [1.29, 1.82) is 0 Å². The van der Waals surface area contributed by atoms with Crippen LogP contribution in [0.3, 0.4) is 0 Å². The molecule has 0 spiro atoms. The molecule has 0 unspecified atom stereocenters. The monoisotopic (exact) mass is 375 g/mol. The molecule has 18 heavy (non-hydrogen) atoms. The van der Waals surface area contributed by atoms with Crippen LogP contribution in [0, 0.1) is 0 Å². The number of hydrogen-bond donors (Lipinski definition) is 0. The van der Waals surface area contributed by atoms with Crippen molar-refractivity contribution in [3.05, 3.63) is 32.7 Å². The summed E-state index contributed by atoms with van der Waals surface area (Å²) in [5.74, 6) is 0.0720. The van der Waals surface area contributed by atoms with Crippen LogP contribution in [0.4, 0.5) is 0 Å². The first-order valence-corrected chi connectivity index (χ1v) is 7.47. The van der Waals surface area contributed by atoms with Gasteiger partial charge < -0.3 is 9.64 Å². The Morgan fingerprint density at radius 2 is 2.17 bits per heavy atom. The molecule has 98 valence electrons. The van der Waals surface area contributed by atoms with Crippen molar-refractivity contribution in [2.24, 2.45) is 0 Å². The molecule has 1 fully saturated rings. The third kappa shape index (κ3) is 3.33. The van der Waals surface area contributed by atoms with Gasteiger partial charge in [0.05, 0.1) is 12.2 Å².